The van der Waals surface area contributed by atoms with E-state index in [9.17, 15) is 4.79 Å². The summed E-state index contributed by atoms with van der Waals surface area (Å²) in [7, 11) is 1.68. The van der Waals surface area contributed by atoms with E-state index in [4.69, 9.17) is 4.74 Å². The largest absolute Gasteiger partial charge is 0.497 e. The summed E-state index contributed by atoms with van der Waals surface area (Å²) in [5.41, 5.74) is 2.57. The SMILES string of the molecule is COc1ccc2c(c1)C(NC(=O)CCCCCBr)CCC2. The summed E-state index contributed by atoms with van der Waals surface area (Å²) in [4.78, 5) is 12.1. The number of amides is 1. The Morgan fingerprint density at radius 3 is 3.00 bits per heavy atom. The molecule has 1 amide bonds. The maximum atomic E-state index is 12.1. The molecule has 1 aliphatic carbocycles. The number of carbonyl (C=O) groups excluding carboxylic acids is 1. The van der Waals surface area contributed by atoms with Crippen molar-refractivity contribution in [1.29, 1.82) is 0 Å². The van der Waals surface area contributed by atoms with Crippen molar-refractivity contribution in [2.24, 2.45) is 0 Å². The quantitative estimate of drug-likeness (QED) is 0.590. The molecule has 0 bridgehead atoms. The van der Waals surface area contributed by atoms with Crippen LogP contribution in [0, 0.1) is 0 Å². The van der Waals surface area contributed by atoms with Gasteiger partial charge in [0.25, 0.3) is 0 Å². The summed E-state index contributed by atoms with van der Waals surface area (Å²) >= 11 is 3.42. The van der Waals surface area contributed by atoms with Gasteiger partial charge in [-0.1, -0.05) is 28.4 Å². The number of ether oxygens (including phenoxy) is 1. The third-order valence-electron chi connectivity index (χ3n) is 4.04. The molecular formula is C17H24BrNO2. The molecule has 1 N–H and O–H groups in total. The Labute approximate surface area is 135 Å². The second-order valence-electron chi connectivity index (χ2n) is 5.58. The van der Waals surface area contributed by atoms with Crippen LogP contribution in [-0.4, -0.2) is 18.3 Å². The molecule has 4 heteroatoms. The fourth-order valence-corrected chi connectivity index (χ4v) is 3.27. The molecule has 21 heavy (non-hydrogen) atoms. The van der Waals surface area contributed by atoms with Crippen LogP contribution in [0.1, 0.15) is 55.7 Å². The molecule has 1 aliphatic rings. The number of nitrogens with one attached hydrogen (secondary N) is 1. The van der Waals surface area contributed by atoms with Crippen LogP contribution in [0.5, 0.6) is 5.75 Å². The zero-order chi connectivity index (χ0) is 15.1. The maximum Gasteiger partial charge on any atom is 0.220 e. The lowest BCUT2D eigenvalue weighted by Gasteiger charge is -2.27. The van der Waals surface area contributed by atoms with Gasteiger partial charge in [0.05, 0.1) is 13.2 Å². The lowest BCUT2D eigenvalue weighted by atomic mass is 9.87. The van der Waals surface area contributed by atoms with Gasteiger partial charge in [-0.3, -0.25) is 4.79 Å². The van der Waals surface area contributed by atoms with Gasteiger partial charge >= 0.3 is 0 Å². The van der Waals surface area contributed by atoms with Gasteiger partial charge in [-0.25, -0.2) is 0 Å². The molecule has 0 heterocycles. The van der Waals surface area contributed by atoms with Gasteiger partial charge in [-0.2, -0.15) is 0 Å². The van der Waals surface area contributed by atoms with Crippen molar-refractivity contribution in [1.82, 2.24) is 5.32 Å². The number of benzene rings is 1. The molecule has 1 unspecified atom stereocenters. The van der Waals surface area contributed by atoms with E-state index in [1.807, 2.05) is 6.07 Å². The number of aryl methyl sites for hydroxylation is 1. The van der Waals surface area contributed by atoms with Crippen LogP contribution in [0.15, 0.2) is 18.2 Å². The van der Waals surface area contributed by atoms with Crippen molar-refractivity contribution >= 4 is 21.8 Å². The molecule has 1 atom stereocenters. The lowest BCUT2D eigenvalue weighted by molar-refractivity contribution is -0.122. The number of alkyl halides is 1. The van der Waals surface area contributed by atoms with E-state index in [-0.39, 0.29) is 11.9 Å². The second-order valence-corrected chi connectivity index (χ2v) is 6.37. The monoisotopic (exact) mass is 353 g/mol. The molecular weight excluding hydrogens is 330 g/mol. The summed E-state index contributed by atoms with van der Waals surface area (Å²) in [6.07, 6.45) is 7.08. The normalized spacial score (nSPS) is 17.1. The minimum Gasteiger partial charge on any atom is -0.497 e. The highest BCUT2D eigenvalue weighted by Crippen LogP contribution is 2.32. The molecule has 0 saturated carbocycles. The number of carbonyl (C=O) groups is 1. The molecule has 0 aromatic heterocycles. The Balaban J connectivity index is 1.94. The van der Waals surface area contributed by atoms with Gasteiger partial charge in [0, 0.05) is 11.8 Å². The van der Waals surface area contributed by atoms with Crippen molar-refractivity contribution < 1.29 is 9.53 Å². The summed E-state index contributed by atoms with van der Waals surface area (Å²) < 4.78 is 5.31. The van der Waals surface area contributed by atoms with E-state index in [1.165, 1.54) is 11.1 Å². The minimum atomic E-state index is 0.146. The number of hydrogen-bond acceptors (Lipinski definition) is 2. The highest BCUT2D eigenvalue weighted by Gasteiger charge is 2.22. The van der Waals surface area contributed by atoms with Crippen LogP contribution in [0.3, 0.4) is 0 Å². The zero-order valence-corrected chi connectivity index (χ0v) is 14.2. The average Bonchev–Trinajstić information content (AvgIpc) is 2.51. The fraction of sp³-hybridized carbons (Fsp3) is 0.588. The molecule has 1 aromatic carbocycles. The van der Waals surface area contributed by atoms with Crippen LogP contribution < -0.4 is 10.1 Å². The average molecular weight is 354 g/mol. The summed E-state index contributed by atoms with van der Waals surface area (Å²) in [6.45, 7) is 0. The van der Waals surface area contributed by atoms with E-state index in [0.717, 1.165) is 49.6 Å². The second kappa shape index (κ2) is 8.42. The Morgan fingerprint density at radius 2 is 2.24 bits per heavy atom. The third kappa shape index (κ3) is 4.73. The van der Waals surface area contributed by atoms with Gasteiger partial charge in [-0.15, -0.1) is 0 Å². The van der Waals surface area contributed by atoms with E-state index in [0.29, 0.717) is 6.42 Å². The van der Waals surface area contributed by atoms with Crippen molar-refractivity contribution in [3.63, 3.8) is 0 Å². The third-order valence-corrected chi connectivity index (χ3v) is 4.60. The van der Waals surface area contributed by atoms with Gasteiger partial charge < -0.3 is 10.1 Å². The molecule has 3 nitrogen and oxygen atoms in total. The Kier molecular flexibility index (Phi) is 6.55. The molecule has 116 valence electrons. The predicted molar refractivity (Wildman–Crippen MR) is 89.1 cm³/mol. The number of fused-ring (bicyclic) bond motifs is 1. The molecule has 0 radical (unpaired) electrons. The van der Waals surface area contributed by atoms with Gasteiger partial charge in [0.2, 0.25) is 5.91 Å². The molecule has 0 saturated heterocycles. The number of methoxy groups -OCH3 is 1. The van der Waals surface area contributed by atoms with E-state index in [2.05, 4.69) is 33.4 Å². The number of unbranched alkanes of at least 4 members (excludes halogenated alkanes) is 2. The number of hydrogen-bond donors (Lipinski definition) is 1. The summed E-state index contributed by atoms with van der Waals surface area (Å²) in [5, 5.41) is 4.22. The molecule has 1 aromatic rings. The smallest absolute Gasteiger partial charge is 0.220 e. The molecule has 0 aliphatic heterocycles. The first-order valence-corrected chi connectivity index (χ1v) is 8.89. The van der Waals surface area contributed by atoms with Crippen LogP contribution in [0.4, 0.5) is 0 Å². The number of rotatable bonds is 7. The Bertz CT molecular complexity index is 476. The van der Waals surface area contributed by atoms with Gasteiger partial charge in [0.1, 0.15) is 5.75 Å². The molecule has 0 spiro atoms. The van der Waals surface area contributed by atoms with Crippen LogP contribution in [0.2, 0.25) is 0 Å². The van der Waals surface area contributed by atoms with E-state index >= 15 is 0 Å². The first kappa shape index (κ1) is 16.3. The van der Waals surface area contributed by atoms with Crippen molar-refractivity contribution in [3.8, 4) is 5.75 Å². The Hall–Kier alpha value is -1.03. The molecule has 0 fully saturated rings. The van der Waals surface area contributed by atoms with Crippen LogP contribution in [0.25, 0.3) is 0 Å². The topological polar surface area (TPSA) is 38.3 Å². The van der Waals surface area contributed by atoms with Gasteiger partial charge in [0.15, 0.2) is 0 Å². The van der Waals surface area contributed by atoms with Gasteiger partial charge in [-0.05, 0) is 55.4 Å². The number of halogens is 1. The highest BCUT2D eigenvalue weighted by atomic mass is 79.9. The standard InChI is InChI=1S/C17H24BrNO2/c1-21-14-10-9-13-6-5-7-16(15(13)12-14)19-17(20)8-3-2-4-11-18/h9-10,12,16H,2-8,11H2,1H3,(H,19,20). The highest BCUT2D eigenvalue weighted by molar-refractivity contribution is 9.09. The van der Waals surface area contributed by atoms with E-state index in [1.54, 1.807) is 7.11 Å². The Morgan fingerprint density at radius 1 is 1.38 bits per heavy atom. The molecule has 2 rings (SSSR count). The maximum absolute atomic E-state index is 12.1. The van der Waals surface area contributed by atoms with E-state index < -0.39 is 0 Å². The first-order chi connectivity index (χ1) is 10.2. The van der Waals surface area contributed by atoms with Crippen LogP contribution in [-0.2, 0) is 11.2 Å². The zero-order valence-electron chi connectivity index (χ0n) is 12.7. The van der Waals surface area contributed by atoms with Crippen molar-refractivity contribution in [2.45, 2.75) is 51.0 Å². The fourth-order valence-electron chi connectivity index (χ4n) is 2.88. The first-order valence-electron chi connectivity index (χ1n) is 7.76. The minimum absolute atomic E-state index is 0.146. The predicted octanol–water partition coefficient (Wildman–Crippen LogP) is 4.14. The summed E-state index contributed by atoms with van der Waals surface area (Å²) in [6, 6.07) is 6.35. The van der Waals surface area contributed by atoms with Crippen molar-refractivity contribution in [2.75, 3.05) is 12.4 Å². The van der Waals surface area contributed by atoms with Crippen LogP contribution >= 0.6 is 15.9 Å². The summed E-state index contributed by atoms with van der Waals surface area (Å²) in [5.74, 6) is 1.04. The lowest BCUT2D eigenvalue weighted by Crippen LogP contribution is -2.30. The van der Waals surface area contributed by atoms with Crippen molar-refractivity contribution in [3.05, 3.63) is 29.3 Å².